The highest BCUT2D eigenvalue weighted by Crippen LogP contribution is 2.19. The van der Waals surface area contributed by atoms with Crippen LogP contribution in [0.1, 0.15) is 20.3 Å². The van der Waals surface area contributed by atoms with Crippen LogP contribution >= 0.6 is 0 Å². The number of aliphatic carboxylic acids is 1. The molecule has 19 heavy (non-hydrogen) atoms. The molecule has 0 bridgehead atoms. The summed E-state index contributed by atoms with van der Waals surface area (Å²) in [6, 6.07) is -1.34. The minimum atomic E-state index is -1.09. The Labute approximate surface area is 112 Å². The summed E-state index contributed by atoms with van der Waals surface area (Å²) in [5.41, 5.74) is 0. The van der Waals surface area contributed by atoms with Gasteiger partial charge in [0.1, 0.15) is 6.04 Å². The van der Waals surface area contributed by atoms with Crippen molar-refractivity contribution in [3.05, 3.63) is 0 Å². The van der Waals surface area contributed by atoms with E-state index in [1.54, 1.807) is 7.05 Å². The number of hydrogen-bond acceptors (Lipinski definition) is 4. The van der Waals surface area contributed by atoms with Crippen LogP contribution in [0.25, 0.3) is 0 Å². The standard InChI is InChI=1S/C12H22N2O5/c1-8(2)19-5-4-13(3)12(18)14-7-9(15)6-10(14)11(16)17/h8-10,15H,4-7H2,1-3H3,(H,16,17)/t9-,10-/m1/s1. The molecule has 1 saturated heterocycles. The van der Waals surface area contributed by atoms with E-state index in [1.165, 1.54) is 9.80 Å². The van der Waals surface area contributed by atoms with Crippen LogP contribution < -0.4 is 0 Å². The number of likely N-dealkylation sites (tertiary alicyclic amines) is 1. The number of carboxylic acid groups (broad SMARTS) is 1. The largest absolute Gasteiger partial charge is 0.480 e. The van der Waals surface area contributed by atoms with Gasteiger partial charge < -0.3 is 24.7 Å². The lowest BCUT2D eigenvalue weighted by molar-refractivity contribution is -0.141. The second-order valence-corrected chi connectivity index (χ2v) is 5.02. The number of aliphatic hydroxyl groups is 1. The van der Waals surface area contributed by atoms with Gasteiger partial charge in [-0.25, -0.2) is 9.59 Å². The summed E-state index contributed by atoms with van der Waals surface area (Å²) >= 11 is 0. The van der Waals surface area contributed by atoms with Gasteiger partial charge in [-0.15, -0.1) is 0 Å². The second-order valence-electron chi connectivity index (χ2n) is 5.02. The zero-order chi connectivity index (χ0) is 14.6. The van der Waals surface area contributed by atoms with Crippen molar-refractivity contribution >= 4 is 12.0 Å². The van der Waals surface area contributed by atoms with Crippen LogP contribution in [0.5, 0.6) is 0 Å². The van der Waals surface area contributed by atoms with Gasteiger partial charge in [0.25, 0.3) is 0 Å². The molecule has 1 aliphatic heterocycles. The minimum Gasteiger partial charge on any atom is -0.480 e. The molecule has 0 saturated carbocycles. The Morgan fingerprint density at radius 2 is 2.11 bits per heavy atom. The highest BCUT2D eigenvalue weighted by molar-refractivity contribution is 5.83. The molecular formula is C12H22N2O5. The van der Waals surface area contributed by atoms with Gasteiger partial charge in [-0.05, 0) is 13.8 Å². The lowest BCUT2D eigenvalue weighted by atomic mass is 10.2. The van der Waals surface area contributed by atoms with Gasteiger partial charge in [0.15, 0.2) is 0 Å². The molecule has 0 aromatic carbocycles. The highest BCUT2D eigenvalue weighted by Gasteiger charge is 2.39. The van der Waals surface area contributed by atoms with Crippen molar-refractivity contribution in [1.29, 1.82) is 0 Å². The number of carboxylic acids is 1. The summed E-state index contributed by atoms with van der Waals surface area (Å²) < 4.78 is 5.34. The monoisotopic (exact) mass is 274 g/mol. The highest BCUT2D eigenvalue weighted by atomic mass is 16.5. The van der Waals surface area contributed by atoms with E-state index in [4.69, 9.17) is 9.84 Å². The van der Waals surface area contributed by atoms with Gasteiger partial charge in [-0.3, -0.25) is 0 Å². The van der Waals surface area contributed by atoms with Gasteiger partial charge in [0, 0.05) is 26.6 Å². The molecule has 1 fully saturated rings. The Bertz CT molecular complexity index is 334. The second kappa shape index (κ2) is 6.72. The molecule has 0 unspecified atom stereocenters. The maximum Gasteiger partial charge on any atom is 0.326 e. The SMILES string of the molecule is CC(C)OCCN(C)C(=O)N1C[C@H](O)C[C@@H]1C(=O)O. The third-order valence-corrected chi connectivity index (χ3v) is 3.01. The van der Waals surface area contributed by atoms with Crippen molar-refractivity contribution < 1.29 is 24.5 Å². The Hall–Kier alpha value is -1.34. The van der Waals surface area contributed by atoms with E-state index in [0.717, 1.165) is 0 Å². The van der Waals surface area contributed by atoms with Gasteiger partial charge >= 0.3 is 12.0 Å². The fourth-order valence-electron chi connectivity index (χ4n) is 2.00. The van der Waals surface area contributed by atoms with Crippen LogP contribution in [0.2, 0.25) is 0 Å². The summed E-state index contributed by atoms with van der Waals surface area (Å²) in [7, 11) is 1.59. The van der Waals surface area contributed by atoms with Crippen molar-refractivity contribution in [3.8, 4) is 0 Å². The summed E-state index contributed by atoms with van der Waals surface area (Å²) in [5, 5.41) is 18.5. The number of carbonyl (C=O) groups excluding carboxylic acids is 1. The number of ether oxygens (including phenoxy) is 1. The number of amides is 2. The molecule has 0 aromatic heterocycles. The normalized spacial score (nSPS) is 22.9. The zero-order valence-corrected chi connectivity index (χ0v) is 11.6. The molecule has 0 spiro atoms. The first-order valence-electron chi connectivity index (χ1n) is 6.37. The number of carbonyl (C=O) groups is 2. The molecule has 1 aliphatic rings. The molecular weight excluding hydrogens is 252 g/mol. The molecule has 0 aliphatic carbocycles. The average Bonchev–Trinajstić information content (AvgIpc) is 2.69. The van der Waals surface area contributed by atoms with Crippen LogP contribution in [-0.2, 0) is 9.53 Å². The predicted molar refractivity (Wildman–Crippen MR) is 67.9 cm³/mol. The van der Waals surface area contributed by atoms with Gasteiger partial charge in [-0.2, -0.15) is 0 Å². The van der Waals surface area contributed by atoms with Crippen LogP contribution in [0, 0.1) is 0 Å². The van der Waals surface area contributed by atoms with E-state index in [0.29, 0.717) is 13.2 Å². The molecule has 110 valence electrons. The summed E-state index contributed by atoms with van der Waals surface area (Å²) in [5.74, 6) is -1.09. The van der Waals surface area contributed by atoms with Crippen molar-refractivity contribution in [2.24, 2.45) is 0 Å². The molecule has 0 radical (unpaired) electrons. The van der Waals surface area contributed by atoms with Crippen LogP contribution in [0.15, 0.2) is 0 Å². The smallest absolute Gasteiger partial charge is 0.326 e. The van der Waals surface area contributed by atoms with Crippen molar-refractivity contribution in [3.63, 3.8) is 0 Å². The third kappa shape index (κ3) is 4.36. The molecule has 1 heterocycles. The van der Waals surface area contributed by atoms with Crippen LogP contribution in [-0.4, -0.2) is 77.0 Å². The van der Waals surface area contributed by atoms with Crippen LogP contribution in [0.3, 0.4) is 0 Å². The topological polar surface area (TPSA) is 90.3 Å². The Morgan fingerprint density at radius 1 is 1.47 bits per heavy atom. The Balaban J connectivity index is 2.53. The number of aliphatic hydroxyl groups excluding tert-OH is 1. The first-order valence-corrected chi connectivity index (χ1v) is 6.37. The summed E-state index contributed by atoms with van der Waals surface area (Å²) in [6.45, 7) is 4.65. The van der Waals surface area contributed by atoms with Gasteiger partial charge in [0.2, 0.25) is 0 Å². The lowest BCUT2D eigenvalue weighted by Gasteiger charge is -2.27. The number of hydrogen-bond donors (Lipinski definition) is 2. The zero-order valence-electron chi connectivity index (χ0n) is 11.6. The maximum atomic E-state index is 12.1. The van der Waals surface area contributed by atoms with Crippen molar-refractivity contribution in [2.75, 3.05) is 26.7 Å². The van der Waals surface area contributed by atoms with Crippen molar-refractivity contribution in [2.45, 2.75) is 38.5 Å². The quantitative estimate of drug-likeness (QED) is 0.735. The lowest BCUT2D eigenvalue weighted by Crippen LogP contribution is -2.47. The molecule has 7 nitrogen and oxygen atoms in total. The Morgan fingerprint density at radius 3 is 2.63 bits per heavy atom. The van der Waals surface area contributed by atoms with Crippen LogP contribution in [0.4, 0.5) is 4.79 Å². The van der Waals surface area contributed by atoms with Gasteiger partial charge in [0.05, 0.1) is 18.8 Å². The molecule has 7 heteroatoms. The van der Waals surface area contributed by atoms with E-state index in [2.05, 4.69) is 0 Å². The first kappa shape index (κ1) is 15.7. The number of urea groups is 1. The number of rotatable bonds is 5. The molecule has 2 atom stereocenters. The molecule has 1 rings (SSSR count). The number of nitrogens with zero attached hydrogens (tertiary/aromatic N) is 2. The minimum absolute atomic E-state index is 0.0607. The number of likely N-dealkylation sites (N-methyl/N-ethyl adjacent to an activating group) is 1. The number of β-amino-alcohol motifs (C(OH)–C–C–N with tert-alkyl or cyclic N) is 1. The van der Waals surface area contributed by atoms with Gasteiger partial charge in [-0.1, -0.05) is 0 Å². The Kier molecular flexibility index (Phi) is 5.56. The van der Waals surface area contributed by atoms with E-state index in [-0.39, 0.29) is 19.1 Å². The van der Waals surface area contributed by atoms with E-state index >= 15 is 0 Å². The molecule has 2 N–H and O–H groups in total. The first-order chi connectivity index (χ1) is 8.82. The predicted octanol–water partition coefficient (Wildman–Crippen LogP) is -0.0170. The average molecular weight is 274 g/mol. The molecule has 2 amide bonds. The summed E-state index contributed by atoms with van der Waals surface area (Å²) in [6.07, 6.45) is -0.605. The summed E-state index contributed by atoms with van der Waals surface area (Å²) in [4.78, 5) is 25.8. The van der Waals surface area contributed by atoms with Crippen molar-refractivity contribution in [1.82, 2.24) is 9.80 Å². The van der Waals surface area contributed by atoms with E-state index in [9.17, 15) is 14.7 Å². The molecule has 0 aromatic rings. The van der Waals surface area contributed by atoms with E-state index < -0.39 is 24.1 Å². The maximum absolute atomic E-state index is 12.1. The fraction of sp³-hybridized carbons (Fsp3) is 0.833. The fourth-order valence-corrected chi connectivity index (χ4v) is 2.00. The third-order valence-electron chi connectivity index (χ3n) is 3.01. The van der Waals surface area contributed by atoms with E-state index in [1.807, 2.05) is 13.8 Å².